The Morgan fingerprint density at radius 2 is 1.62 bits per heavy atom. The van der Waals surface area contributed by atoms with Gasteiger partial charge in [-0.2, -0.15) is 0 Å². The molecule has 3 aromatic rings. The topological polar surface area (TPSA) is 71.1 Å². The van der Waals surface area contributed by atoms with Crippen LogP contribution in [0.2, 0.25) is 5.02 Å². The molecular formula is C18H16ClN3O2. The summed E-state index contributed by atoms with van der Waals surface area (Å²) in [6.07, 6.45) is 3.94. The fourth-order valence-corrected chi connectivity index (χ4v) is 2.63. The third kappa shape index (κ3) is 3.46. The predicted molar refractivity (Wildman–Crippen MR) is 97.1 cm³/mol. The van der Waals surface area contributed by atoms with Crippen LogP contribution < -0.4 is 21.5 Å². The van der Waals surface area contributed by atoms with E-state index < -0.39 is 10.9 Å². The monoisotopic (exact) mass is 341 g/mol. The average molecular weight is 342 g/mol. The molecule has 0 spiro atoms. The zero-order valence-corrected chi connectivity index (χ0v) is 13.8. The Kier molecular flexibility index (Phi) is 4.62. The SMILES string of the molecule is CC(Cc1ccc(Cl)cc1)Nc1c(Nc2ccncc2)c(=O)c1=O. The van der Waals surface area contributed by atoms with E-state index in [0.717, 1.165) is 5.56 Å². The smallest absolute Gasteiger partial charge is 0.253 e. The number of nitrogens with one attached hydrogen (secondary N) is 2. The molecule has 2 N–H and O–H groups in total. The van der Waals surface area contributed by atoms with Crippen LogP contribution in [0.3, 0.4) is 0 Å². The maximum Gasteiger partial charge on any atom is 0.253 e. The van der Waals surface area contributed by atoms with E-state index in [1.807, 2.05) is 31.2 Å². The Morgan fingerprint density at radius 1 is 1.00 bits per heavy atom. The van der Waals surface area contributed by atoms with Crippen molar-refractivity contribution in [2.24, 2.45) is 0 Å². The van der Waals surface area contributed by atoms with Crippen molar-refractivity contribution < 1.29 is 0 Å². The zero-order valence-electron chi connectivity index (χ0n) is 13.0. The van der Waals surface area contributed by atoms with E-state index in [2.05, 4.69) is 15.6 Å². The lowest BCUT2D eigenvalue weighted by molar-refractivity contribution is 0.788. The number of nitrogens with zero attached hydrogens (tertiary/aromatic N) is 1. The molecule has 0 saturated heterocycles. The summed E-state index contributed by atoms with van der Waals surface area (Å²) in [5, 5.41) is 6.79. The number of benzene rings is 1. The molecule has 0 aliphatic heterocycles. The van der Waals surface area contributed by atoms with E-state index in [4.69, 9.17) is 11.6 Å². The molecule has 1 unspecified atom stereocenters. The summed E-state index contributed by atoms with van der Waals surface area (Å²) in [5.74, 6) is 0. The molecule has 0 radical (unpaired) electrons. The van der Waals surface area contributed by atoms with Gasteiger partial charge in [-0.1, -0.05) is 23.7 Å². The van der Waals surface area contributed by atoms with Gasteiger partial charge in [0.1, 0.15) is 11.4 Å². The molecule has 1 atom stereocenters. The summed E-state index contributed by atoms with van der Waals surface area (Å²) < 4.78 is 0. The van der Waals surface area contributed by atoms with Crippen molar-refractivity contribution >= 4 is 28.7 Å². The Labute approximate surface area is 144 Å². The van der Waals surface area contributed by atoms with Crippen molar-refractivity contribution in [1.82, 2.24) is 4.98 Å². The fraction of sp³-hybridized carbons (Fsp3) is 0.167. The van der Waals surface area contributed by atoms with Gasteiger partial charge >= 0.3 is 0 Å². The van der Waals surface area contributed by atoms with Gasteiger partial charge < -0.3 is 10.6 Å². The largest absolute Gasteiger partial charge is 0.377 e. The van der Waals surface area contributed by atoms with Crippen molar-refractivity contribution in [3.05, 3.63) is 79.8 Å². The highest BCUT2D eigenvalue weighted by Gasteiger charge is 2.22. The Bertz CT molecular complexity index is 900. The first-order chi connectivity index (χ1) is 11.5. The van der Waals surface area contributed by atoms with Gasteiger partial charge in [0.15, 0.2) is 0 Å². The molecule has 0 aliphatic rings. The van der Waals surface area contributed by atoms with Crippen molar-refractivity contribution in [2.75, 3.05) is 10.6 Å². The van der Waals surface area contributed by atoms with Crippen molar-refractivity contribution in [1.29, 1.82) is 0 Å². The highest BCUT2D eigenvalue weighted by Crippen LogP contribution is 2.21. The maximum absolute atomic E-state index is 11.9. The van der Waals surface area contributed by atoms with Crippen molar-refractivity contribution in [3.8, 4) is 0 Å². The lowest BCUT2D eigenvalue weighted by atomic mass is 10.1. The van der Waals surface area contributed by atoms with Gasteiger partial charge in [-0.3, -0.25) is 14.6 Å². The van der Waals surface area contributed by atoms with Gasteiger partial charge in [-0.05, 0) is 43.2 Å². The van der Waals surface area contributed by atoms with E-state index >= 15 is 0 Å². The number of aromatic nitrogens is 1. The van der Waals surface area contributed by atoms with E-state index in [9.17, 15) is 9.59 Å². The Morgan fingerprint density at radius 3 is 2.29 bits per heavy atom. The summed E-state index contributed by atoms with van der Waals surface area (Å²) in [6.45, 7) is 1.96. The van der Waals surface area contributed by atoms with Crippen LogP contribution in [-0.4, -0.2) is 11.0 Å². The molecule has 2 aromatic carbocycles. The number of rotatable bonds is 6. The fourth-order valence-electron chi connectivity index (χ4n) is 2.50. The molecule has 122 valence electrons. The van der Waals surface area contributed by atoms with Crippen LogP contribution in [0.5, 0.6) is 0 Å². The van der Waals surface area contributed by atoms with Crippen LogP contribution in [-0.2, 0) is 6.42 Å². The van der Waals surface area contributed by atoms with Gasteiger partial charge in [-0.25, -0.2) is 0 Å². The van der Waals surface area contributed by atoms with Crippen LogP contribution in [0.4, 0.5) is 17.1 Å². The van der Waals surface area contributed by atoms with Crippen LogP contribution in [0.25, 0.3) is 0 Å². The maximum atomic E-state index is 11.9. The van der Waals surface area contributed by atoms with Gasteiger partial charge in [0.25, 0.3) is 10.9 Å². The van der Waals surface area contributed by atoms with Crippen LogP contribution in [0.15, 0.2) is 58.4 Å². The van der Waals surface area contributed by atoms with Crippen LogP contribution in [0.1, 0.15) is 12.5 Å². The summed E-state index contributed by atoms with van der Waals surface area (Å²) >= 11 is 5.88. The zero-order chi connectivity index (χ0) is 17.1. The molecule has 0 aliphatic carbocycles. The number of pyridine rings is 1. The van der Waals surface area contributed by atoms with Gasteiger partial charge in [-0.15, -0.1) is 0 Å². The van der Waals surface area contributed by atoms with E-state index in [1.165, 1.54) is 0 Å². The van der Waals surface area contributed by atoms with E-state index in [1.54, 1.807) is 24.5 Å². The minimum atomic E-state index is -0.506. The molecule has 0 amide bonds. The minimum absolute atomic E-state index is 0.00698. The molecule has 0 bridgehead atoms. The summed E-state index contributed by atoms with van der Waals surface area (Å²) in [7, 11) is 0. The number of hydrogen-bond acceptors (Lipinski definition) is 5. The lowest BCUT2D eigenvalue weighted by Gasteiger charge is -2.19. The molecule has 3 rings (SSSR count). The van der Waals surface area contributed by atoms with Crippen molar-refractivity contribution in [3.63, 3.8) is 0 Å². The Balaban J connectivity index is 1.71. The highest BCUT2D eigenvalue weighted by molar-refractivity contribution is 6.30. The van der Waals surface area contributed by atoms with Gasteiger partial charge in [0, 0.05) is 29.1 Å². The number of halogens is 1. The first kappa shape index (κ1) is 16.2. The highest BCUT2D eigenvalue weighted by atomic mass is 35.5. The molecular weight excluding hydrogens is 326 g/mol. The molecule has 24 heavy (non-hydrogen) atoms. The van der Waals surface area contributed by atoms with Gasteiger partial charge in [0.05, 0.1) is 0 Å². The van der Waals surface area contributed by atoms with Gasteiger partial charge in [0.2, 0.25) is 0 Å². The Hall–Kier alpha value is -2.66. The van der Waals surface area contributed by atoms with Crippen LogP contribution in [0, 0.1) is 0 Å². The molecule has 6 heteroatoms. The van der Waals surface area contributed by atoms with Crippen LogP contribution >= 0.6 is 11.6 Å². The first-order valence-electron chi connectivity index (χ1n) is 7.56. The third-order valence-electron chi connectivity index (χ3n) is 3.71. The molecule has 0 fully saturated rings. The summed E-state index contributed by atoms with van der Waals surface area (Å²) in [4.78, 5) is 27.6. The van der Waals surface area contributed by atoms with E-state index in [0.29, 0.717) is 28.5 Å². The van der Waals surface area contributed by atoms with E-state index in [-0.39, 0.29) is 6.04 Å². The number of anilines is 3. The van der Waals surface area contributed by atoms with Crippen molar-refractivity contribution in [2.45, 2.75) is 19.4 Å². The standard InChI is InChI=1S/C18H16ClN3O2/c1-11(10-12-2-4-13(19)5-3-12)21-15-16(18(24)17(15)23)22-14-6-8-20-9-7-14/h2-9,11,21H,10H2,1H3,(H,20,22). The third-order valence-corrected chi connectivity index (χ3v) is 3.96. The molecule has 1 heterocycles. The average Bonchev–Trinajstić information content (AvgIpc) is 2.60. The summed E-state index contributed by atoms with van der Waals surface area (Å²) in [6, 6.07) is 11.0. The molecule has 0 saturated carbocycles. The second-order valence-electron chi connectivity index (χ2n) is 5.65. The second kappa shape index (κ2) is 6.84. The molecule has 5 nitrogen and oxygen atoms in total. The second-order valence-corrected chi connectivity index (χ2v) is 6.08. The minimum Gasteiger partial charge on any atom is -0.377 e. The quantitative estimate of drug-likeness (QED) is 0.674. The first-order valence-corrected chi connectivity index (χ1v) is 7.93. The molecule has 1 aromatic heterocycles. The normalized spacial score (nSPS) is 12.1. The summed E-state index contributed by atoms with van der Waals surface area (Å²) in [5.41, 5.74) is 1.45. The lowest BCUT2D eigenvalue weighted by Crippen LogP contribution is -2.38. The predicted octanol–water partition coefficient (Wildman–Crippen LogP) is 3.12. The number of hydrogen-bond donors (Lipinski definition) is 2.